The van der Waals surface area contributed by atoms with E-state index in [0.29, 0.717) is 0 Å². The Labute approximate surface area is 69.4 Å². The van der Waals surface area contributed by atoms with E-state index >= 15 is 0 Å². The van der Waals surface area contributed by atoms with Gasteiger partial charge in [0.15, 0.2) is 0 Å². The van der Waals surface area contributed by atoms with Crippen LogP contribution in [0, 0.1) is 23.2 Å². The zero-order valence-electron chi connectivity index (χ0n) is 7.34. The van der Waals surface area contributed by atoms with Crippen molar-refractivity contribution in [1.82, 2.24) is 0 Å². The second kappa shape index (κ2) is 4.38. The molecule has 0 aromatic carbocycles. The van der Waals surface area contributed by atoms with Crippen LogP contribution in [-0.2, 0) is 0 Å². The minimum atomic E-state index is 0.763. The van der Waals surface area contributed by atoms with E-state index in [9.17, 15) is 0 Å². The van der Waals surface area contributed by atoms with Gasteiger partial charge in [-0.05, 0) is 18.3 Å². The average molecular weight is 151 g/mol. The summed E-state index contributed by atoms with van der Waals surface area (Å²) in [5.74, 6) is 1.80. The lowest BCUT2D eigenvalue weighted by Gasteiger charge is -2.25. The number of nitrogens with zero attached hydrogens (tertiary/aromatic N) is 1. The van der Waals surface area contributed by atoms with Crippen molar-refractivity contribution in [2.45, 2.75) is 45.4 Å². The molecular weight excluding hydrogens is 134 g/mol. The fourth-order valence-electron chi connectivity index (χ4n) is 1.89. The van der Waals surface area contributed by atoms with E-state index in [1.807, 2.05) is 0 Å². The number of rotatable bonds is 2. The summed E-state index contributed by atoms with van der Waals surface area (Å²) < 4.78 is 0. The molecule has 1 nitrogen and oxygen atoms in total. The third-order valence-electron chi connectivity index (χ3n) is 2.80. The van der Waals surface area contributed by atoms with Crippen LogP contribution in [0.2, 0.25) is 0 Å². The Morgan fingerprint density at radius 3 is 2.45 bits per heavy atom. The van der Waals surface area contributed by atoms with Crippen molar-refractivity contribution in [1.29, 1.82) is 5.26 Å². The fourth-order valence-corrected chi connectivity index (χ4v) is 1.89. The van der Waals surface area contributed by atoms with Crippen LogP contribution in [0.3, 0.4) is 0 Å². The Hall–Kier alpha value is -0.510. The highest BCUT2D eigenvalue weighted by Crippen LogP contribution is 2.30. The summed E-state index contributed by atoms with van der Waals surface area (Å²) in [6, 6.07) is 2.23. The SMILES string of the molecule is C[C@H]1CC[C@H](CCC#N)CC1. The smallest absolute Gasteiger partial charge is 0.0621 e. The zero-order chi connectivity index (χ0) is 8.10. The van der Waals surface area contributed by atoms with Gasteiger partial charge in [0.25, 0.3) is 0 Å². The number of hydrogen-bond acceptors (Lipinski definition) is 1. The predicted molar refractivity (Wildman–Crippen MR) is 46.0 cm³/mol. The quantitative estimate of drug-likeness (QED) is 0.595. The van der Waals surface area contributed by atoms with Gasteiger partial charge in [-0.3, -0.25) is 0 Å². The summed E-state index contributed by atoms with van der Waals surface area (Å²) in [5, 5.41) is 8.40. The molecule has 1 fully saturated rings. The lowest BCUT2D eigenvalue weighted by Crippen LogP contribution is -2.11. The van der Waals surface area contributed by atoms with Crippen LogP contribution < -0.4 is 0 Å². The van der Waals surface area contributed by atoms with E-state index in [-0.39, 0.29) is 0 Å². The molecule has 1 aliphatic carbocycles. The van der Waals surface area contributed by atoms with Gasteiger partial charge in [0.1, 0.15) is 0 Å². The average Bonchev–Trinajstić information content (AvgIpc) is 2.04. The monoisotopic (exact) mass is 151 g/mol. The molecule has 0 bridgehead atoms. The van der Waals surface area contributed by atoms with Crippen molar-refractivity contribution in [2.75, 3.05) is 0 Å². The van der Waals surface area contributed by atoms with Gasteiger partial charge in [-0.1, -0.05) is 32.6 Å². The lowest BCUT2D eigenvalue weighted by atomic mass is 9.81. The molecule has 1 aliphatic rings. The summed E-state index contributed by atoms with van der Waals surface area (Å²) >= 11 is 0. The van der Waals surface area contributed by atoms with Gasteiger partial charge < -0.3 is 0 Å². The molecule has 62 valence electrons. The van der Waals surface area contributed by atoms with Crippen LogP contribution in [0.5, 0.6) is 0 Å². The Bertz CT molecular complexity index is 137. The maximum absolute atomic E-state index is 8.40. The van der Waals surface area contributed by atoms with Gasteiger partial charge >= 0.3 is 0 Å². The Morgan fingerprint density at radius 2 is 1.91 bits per heavy atom. The molecule has 11 heavy (non-hydrogen) atoms. The summed E-state index contributed by atoms with van der Waals surface area (Å²) in [5.41, 5.74) is 0. The summed E-state index contributed by atoms with van der Waals surface area (Å²) in [6.07, 6.45) is 7.40. The molecule has 0 aliphatic heterocycles. The van der Waals surface area contributed by atoms with Gasteiger partial charge in [-0.25, -0.2) is 0 Å². The van der Waals surface area contributed by atoms with Gasteiger partial charge in [0, 0.05) is 6.42 Å². The topological polar surface area (TPSA) is 23.8 Å². The molecule has 0 amide bonds. The highest BCUT2D eigenvalue weighted by molar-refractivity contribution is 4.75. The molecule has 0 radical (unpaired) electrons. The van der Waals surface area contributed by atoms with Gasteiger partial charge in [0.05, 0.1) is 6.07 Å². The van der Waals surface area contributed by atoms with E-state index in [1.165, 1.54) is 25.7 Å². The predicted octanol–water partition coefficient (Wildman–Crippen LogP) is 3.12. The Morgan fingerprint density at radius 1 is 1.27 bits per heavy atom. The molecule has 1 saturated carbocycles. The molecule has 0 unspecified atom stereocenters. The third kappa shape index (κ3) is 2.93. The molecule has 0 spiro atoms. The van der Waals surface area contributed by atoms with Crippen LogP contribution in [0.25, 0.3) is 0 Å². The van der Waals surface area contributed by atoms with Crippen molar-refractivity contribution in [2.24, 2.45) is 11.8 Å². The first-order valence-electron chi connectivity index (χ1n) is 4.70. The molecule has 0 aromatic rings. The first-order valence-corrected chi connectivity index (χ1v) is 4.70. The maximum Gasteiger partial charge on any atom is 0.0621 e. The van der Waals surface area contributed by atoms with E-state index < -0.39 is 0 Å². The van der Waals surface area contributed by atoms with Crippen molar-refractivity contribution in [3.63, 3.8) is 0 Å². The van der Waals surface area contributed by atoms with Crippen LogP contribution in [0.15, 0.2) is 0 Å². The standard InChI is InChI=1S/C10H17N/c1-9-4-6-10(7-5-9)3-2-8-11/h9-10H,2-7H2,1H3/t9-,10-. The number of hydrogen-bond donors (Lipinski definition) is 0. The normalized spacial score (nSPS) is 31.3. The van der Waals surface area contributed by atoms with Crippen molar-refractivity contribution in [3.05, 3.63) is 0 Å². The highest BCUT2D eigenvalue weighted by atomic mass is 14.3. The second-order valence-electron chi connectivity index (χ2n) is 3.82. The molecule has 0 heterocycles. The van der Waals surface area contributed by atoms with Crippen LogP contribution >= 0.6 is 0 Å². The molecule has 0 N–H and O–H groups in total. The van der Waals surface area contributed by atoms with Crippen molar-refractivity contribution >= 4 is 0 Å². The summed E-state index contributed by atoms with van der Waals surface area (Å²) in [7, 11) is 0. The van der Waals surface area contributed by atoms with Crippen LogP contribution in [0.4, 0.5) is 0 Å². The minimum absolute atomic E-state index is 0.763. The maximum atomic E-state index is 8.40. The van der Waals surface area contributed by atoms with Gasteiger partial charge in [-0.15, -0.1) is 0 Å². The van der Waals surface area contributed by atoms with E-state index in [1.54, 1.807) is 0 Å². The minimum Gasteiger partial charge on any atom is -0.198 e. The molecule has 0 atom stereocenters. The first kappa shape index (κ1) is 8.59. The lowest BCUT2D eigenvalue weighted by molar-refractivity contribution is 0.279. The molecule has 1 heteroatoms. The molecule has 0 aromatic heterocycles. The molecule has 0 saturated heterocycles. The van der Waals surface area contributed by atoms with Crippen molar-refractivity contribution in [3.8, 4) is 6.07 Å². The first-order chi connectivity index (χ1) is 5.33. The largest absolute Gasteiger partial charge is 0.198 e. The van der Waals surface area contributed by atoms with Crippen LogP contribution in [0.1, 0.15) is 45.4 Å². The van der Waals surface area contributed by atoms with Gasteiger partial charge in [0.2, 0.25) is 0 Å². The summed E-state index contributed by atoms with van der Waals surface area (Å²) in [4.78, 5) is 0. The third-order valence-corrected chi connectivity index (χ3v) is 2.80. The van der Waals surface area contributed by atoms with E-state index in [2.05, 4.69) is 13.0 Å². The number of nitriles is 1. The molecular formula is C10H17N. The highest BCUT2D eigenvalue weighted by Gasteiger charge is 2.17. The fraction of sp³-hybridized carbons (Fsp3) is 0.900. The van der Waals surface area contributed by atoms with E-state index in [0.717, 1.165) is 24.7 Å². The zero-order valence-corrected chi connectivity index (χ0v) is 7.34. The Balaban J connectivity index is 2.13. The van der Waals surface area contributed by atoms with Gasteiger partial charge in [-0.2, -0.15) is 5.26 Å². The molecule has 1 rings (SSSR count). The Kier molecular flexibility index (Phi) is 3.42. The second-order valence-corrected chi connectivity index (χ2v) is 3.82. The van der Waals surface area contributed by atoms with Crippen molar-refractivity contribution < 1.29 is 0 Å². The van der Waals surface area contributed by atoms with E-state index in [4.69, 9.17) is 5.26 Å². The van der Waals surface area contributed by atoms with Crippen LogP contribution in [-0.4, -0.2) is 0 Å². The summed E-state index contributed by atoms with van der Waals surface area (Å²) in [6.45, 7) is 2.33.